The number of hydrogen-bond acceptors (Lipinski definition) is 4. The van der Waals surface area contributed by atoms with Crippen molar-refractivity contribution in [2.45, 2.75) is 23.3 Å². The smallest absolute Gasteiger partial charge is 0.210 e. The number of nitrogens with one attached hydrogen (secondary N) is 1. The van der Waals surface area contributed by atoms with Crippen LogP contribution in [-0.2, 0) is 16.4 Å². The molecule has 4 aromatic rings. The van der Waals surface area contributed by atoms with Crippen molar-refractivity contribution in [2.24, 2.45) is 0 Å². The van der Waals surface area contributed by atoms with Gasteiger partial charge in [-0.3, -0.25) is 4.98 Å². The third-order valence-corrected chi connectivity index (χ3v) is 6.78. The lowest BCUT2D eigenvalue weighted by Crippen LogP contribution is -2.09. The molecule has 146 valence electrons. The second-order valence-electron chi connectivity index (χ2n) is 6.81. The summed E-state index contributed by atoms with van der Waals surface area (Å²) >= 11 is 5.93. The van der Waals surface area contributed by atoms with Crippen LogP contribution in [0.4, 0.5) is 5.69 Å². The Morgan fingerprint density at radius 2 is 1.62 bits per heavy atom. The third-order valence-electron chi connectivity index (χ3n) is 4.74. The molecule has 1 aromatic heterocycles. The van der Waals surface area contributed by atoms with E-state index >= 15 is 0 Å². The van der Waals surface area contributed by atoms with Gasteiger partial charge in [0, 0.05) is 23.2 Å². The predicted molar refractivity (Wildman–Crippen MR) is 117 cm³/mol. The maximum atomic E-state index is 13.3. The number of anilines is 1. The van der Waals surface area contributed by atoms with Crippen molar-refractivity contribution in [3.8, 4) is 0 Å². The lowest BCUT2D eigenvalue weighted by atomic mass is 10.1. The molecule has 0 fully saturated rings. The van der Waals surface area contributed by atoms with Crippen molar-refractivity contribution in [3.63, 3.8) is 0 Å². The first kappa shape index (κ1) is 19.4. The minimum atomic E-state index is -3.77. The average Bonchev–Trinajstić information content (AvgIpc) is 2.73. The van der Waals surface area contributed by atoms with E-state index in [4.69, 9.17) is 11.6 Å². The summed E-state index contributed by atoms with van der Waals surface area (Å²) < 4.78 is 26.7. The summed E-state index contributed by atoms with van der Waals surface area (Å²) in [5, 5.41) is 4.58. The van der Waals surface area contributed by atoms with Gasteiger partial charge in [0.15, 0.2) is 0 Å². The van der Waals surface area contributed by atoms with Crippen molar-refractivity contribution >= 4 is 38.0 Å². The number of aromatic nitrogens is 1. The van der Waals surface area contributed by atoms with Gasteiger partial charge in [-0.1, -0.05) is 59.6 Å². The van der Waals surface area contributed by atoms with Gasteiger partial charge >= 0.3 is 0 Å². The fourth-order valence-electron chi connectivity index (χ4n) is 3.15. The Balaban J connectivity index is 1.82. The Hall–Kier alpha value is -2.89. The van der Waals surface area contributed by atoms with E-state index < -0.39 is 9.84 Å². The molecule has 3 aromatic carbocycles. The zero-order chi connectivity index (χ0) is 20.4. The van der Waals surface area contributed by atoms with Crippen molar-refractivity contribution in [3.05, 3.63) is 95.1 Å². The van der Waals surface area contributed by atoms with Gasteiger partial charge < -0.3 is 5.32 Å². The first-order valence-corrected chi connectivity index (χ1v) is 11.0. The van der Waals surface area contributed by atoms with Gasteiger partial charge in [0.2, 0.25) is 9.84 Å². The van der Waals surface area contributed by atoms with Crippen LogP contribution in [0.1, 0.15) is 11.1 Å². The third kappa shape index (κ3) is 3.97. The van der Waals surface area contributed by atoms with Crippen LogP contribution in [0.15, 0.2) is 88.8 Å². The van der Waals surface area contributed by atoms with Crippen molar-refractivity contribution in [1.82, 2.24) is 4.98 Å². The van der Waals surface area contributed by atoms with Crippen molar-refractivity contribution < 1.29 is 8.42 Å². The van der Waals surface area contributed by atoms with E-state index in [1.54, 1.807) is 12.1 Å². The number of fused-ring (bicyclic) bond motifs is 1. The highest BCUT2D eigenvalue weighted by molar-refractivity contribution is 7.91. The molecule has 0 aliphatic carbocycles. The molecule has 29 heavy (non-hydrogen) atoms. The Kier molecular flexibility index (Phi) is 5.26. The molecular weight excluding hydrogens is 404 g/mol. The SMILES string of the molecule is Cc1ccc(CNc2c(S(=O)(=O)c3ccc(Cl)cc3)cnc3ccccc23)cc1. The quantitative estimate of drug-likeness (QED) is 0.452. The molecule has 4 rings (SSSR count). The number of halogens is 1. The highest BCUT2D eigenvalue weighted by Crippen LogP contribution is 2.33. The van der Waals surface area contributed by atoms with Gasteiger partial charge in [-0.25, -0.2) is 8.42 Å². The number of para-hydroxylation sites is 1. The maximum Gasteiger partial charge on any atom is 0.210 e. The largest absolute Gasteiger partial charge is 0.379 e. The standard InChI is InChI=1S/C23H19ClN2O2S/c1-16-6-8-17(9-7-16)14-26-23-20-4-2-3-5-21(20)25-15-22(23)29(27,28)19-12-10-18(24)11-13-19/h2-13,15H,14H2,1H3,(H,25,26). The molecule has 4 nitrogen and oxygen atoms in total. The van der Waals surface area contributed by atoms with Gasteiger partial charge in [-0.2, -0.15) is 0 Å². The summed E-state index contributed by atoms with van der Waals surface area (Å²) in [6.07, 6.45) is 1.42. The van der Waals surface area contributed by atoms with Gasteiger partial charge in [0.05, 0.1) is 16.1 Å². The Morgan fingerprint density at radius 1 is 0.931 bits per heavy atom. The Bertz CT molecular complexity index is 1270. The summed E-state index contributed by atoms with van der Waals surface area (Å²) in [5.41, 5.74) is 3.51. The number of nitrogens with zero attached hydrogens (tertiary/aromatic N) is 1. The monoisotopic (exact) mass is 422 g/mol. The molecule has 0 saturated heterocycles. The first-order chi connectivity index (χ1) is 13.9. The molecule has 0 saturated carbocycles. The molecule has 6 heteroatoms. The second kappa shape index (κ2) is 7.85. The number of aryl methyl sites for hydroxylation is 1. The minimum Gasteiger partial charge on any atom is -0.379 e. The van der Waals surface area contributed by atoms with Gasteiger partial charge in [0.1, 0.15) is 4.90 Å². The Morgan fingerprint density at radius 3 is 2.34 bits per heavy atom. The van der Waals surface area contributed by atoms with Crippen LogP contribution in [0.25, 0.3) is 10.9 Å². The number of rotatable bonds is 5. The molecule has 0 unspecified atom stereocenters. The highest BCUT2D eigenvalue weighted by Gasteiger charge is 2.23. The molecule has 1 N–H and O–H groups in total. The molecule has 0 aliphatic rings. The molecule has 0 atom stereocenters. The van der Waals surface area contributed by atoms with Crippen LogP contribution in [-0.4, -0.2) is 13.4 Å². The molecular formula is C23H19ClN2O2S. The summed E-state index contributed by atoms with van der Waals surface area (Å²) in [4.78, 5) is 4.69. The normalized spacial score (nSPS) is 11.5. The van der Waals surface area contributed by atoms with E-state index in [-0.39, 0.29) is 9.79 Å². The molecule has 1 heterocycles. The fourth-order valence-corrected chi connectivity index (χ4v) is 4.66. The molecule has 0 spiro atoms. The minimum absolute atomic E-state index is 0.144. The molecule has 0 amide bonds. The van der Waals surface area contributed by atoms with Gasteiger partial charge in [-0.05, 0) is 42.8 Å². The summed E-state index contributed by atoms with van der Waals surface area (Å²) in [6.45, 7) is 2.53. The van der Waals surface area contributed by atoms with E-state index in [9.17, 15) is 8.42 Å². The van der Waals surface area contributed by atoms with E-state index in [2.05, 4.69) is 10.3 Å². The van der Waals surface area contributed by atoms with Gasteiger partial charge in [0.25, 0.3) is 0 Å². The van der Waals surface area contributed by atoms with Crippen LogP contribution in [0.3, 0.4) is 0 Å². The molecule has 0 bridgehead atoms. The van der Waals surface area contributed by atoms with E-state index in [0.717, 1.165) is 16.5 Å². The van der Waals surface area contributed by atoms with E-state index in [1.165, 1.54) is 23.9 Å². The zero-order valence-corrected chi connectivity index (χ0v) is 17.3. The molecule has 0 aliphatic heterocycles. The van der Waals surface area contributed by atoms with Crippen LogP contribution in [0.2, 0.25) is 5.02 Å². The predicted octanol–water partition coefficient (Wildman–Crippen LogP) is 5.64. The zero-order valence-electron chi connectivity index (χ0n) is 15.8. The average molecular weight is 423 g/mol. The second-order valence-corrected chi connectivity index (χ2v) is 9.17. The highest BCUT2D eigenvalue weighted by atomic mass is 35.5. The summed E-state index contributed by atoms with van der Waals surface area (Å²) in [6, 6.07) is 21.8. The first-order valence-electron chi connectivity index (χ1n) is 9.13. The number of sulfone groups is 1. The fraction of sp³-hybridized carbons (Fsp3) is 0.0870. The van der Waals surface area contributed by atoms with Crippen LogP contribution in [0.5, 0.6) is 0 Å². The van der Waals surface area contributed by atoms with Crippen LogP contribution >= 0.6 is 11.6 Å². The van der Waals surface area contributed by atoms with Crippen LogP contribution < -0.4 is 5.32 Å². The number of pyridine rings is 1. The topological polar surface area (TPSA) is 59.1 Å². The maximum absolute atomic E-state index is 13.3. The van der Waals surface area contributed by atoms with E-state index in [0.29, 0.717) is 17.3 Å². The van der Waals surface area contributed by atoms with Gasteiger partial charge in [-0.15, -0.1) is 0 Å². The molecule has 0 radical (unpaired) electrons. The van der Waals surface area contributed by atoms with Crippen molar-refractivity contribution in [1.29, 1.82) is 0 Å². The van der Waals surface area contributed by atoms with Crippen LogP contribution in [0, 0.1) is 6.92 Å². The number of benzene rings is 3. The number of hydrogen-bond donors (Lipinski definition) is 1. The lowest BCUT2D eigenvalue weighted by Gasteiger charge is -2.15. The lowest BCUT2D eigenvalue weighted by molar-refractivity contribution is 0.596. The van der Waals surface area contributed by atoms with E-state index in [1.807, 2.05) is 55.5 Å². The Labute approximate surface area is 175 Å². The van der Waals surface area contributed by atoms with Crippen molar-refractivity contribution in [2.75, 3.05) is 5.32 Å². The summed E-state index contributed by atoms with van der Waals surface area (Å²) in [5.74, 6) is 0. The summed E-state index contributed by atoms with van der Waals surface area (Å²) in [7, 11) is -3.77.